The quantitative estimate of drug-likeness (QED) is 0.0195. The molecule has 0 aromatic rings. The normalized spacial score (nSPS) is 13.1. The third-order valence-corrected chi connectivity index (χ3v) is 18.2. The minimum absolute atomic E-state index is 0.0258. The monoisotopic (exact) mass is 1210 g/mol. The number of nitrogens with zero attached hydrogens (tertiary/aromatic N) is 1. The molecule has 0 aromatic carbocycles. The Morgan fingerprint density at radius 1 is 0.357 bits per heavy atom. The molecule has 0 amide bonds. The number of ether oxygens (including phenoxy) is 2. The van der Waals surface area contributed by atoms with Gasteiger partial charge < -0.3 is 27.9 Å². The van der Waals surface area contributed by atoms with Crippen molar-refractivity contribution in [1.82, 2.24) is 0 Å². The van der Waals surface area contributed by atoms with Crippen LogP contribution in [0.3, 0.4) is 0 Å². The van der Waals surface area contributed by atoms with Gasteiger partial charge in [0, 0.05) is 12.8 Å². The van der Waals surface area contributed by atoms with Gasteiger partial charge in [0.1, 0.15) is 19.8 Å². The summed E-state index contributed by atoms with van der Waals surface area (Å²) in [4.78, 5) is 38.1. The van der Waals surface area contributed by atoms with Crippen molar-refractivity contribution in [1.29, 1.82) is 0 Å². The summed E-state index contributed by atoms with van der Waals surface area (Å²) in [6, 6.07) is 0. The minimum Gasteiger partial charge on any atom is -0.756 e. The van der Waals surface area contributed by atoms with Gasteiger partial charge in [-0.1, -0.05) is 360 Å². The molecule has 0 aromatic heterocycles. The first kappa shape index (κ1) is 82.8. The zero-order valence-electron chi connectivity index (χ0n) is 57.1. The molecule has 9 nitrogen and oxygen atoms in total. The van der Waals surface area contributed by atoms with E-state index in [2.05, 4.69) is 26.0 Å². The zero-order chi connectivity index (χ0) is 61.2. The molecule has 0 fully saturated rings. The lowest BCUT2D eigenvalue weighted by molar-refractivity contribution is -0.870. The van der Waals surface area contributed by atoms with Crippen molar-refractivity contribution in [2.45, 2.75) is 405 Å². The molecule has 0 saturated carbocycles. The molecule has 2 atom stereocenters. The number of rotatable bonds is 71. The van der Waals surface area contributed by atoms with E-state index in [1.165, 1.54) is 334 Å². The highest BCUT2D eigenvalue weighted by Crippen LogP contribution is 2.38. The Kier molecular flexibility index (Phi) is 65.2. The predicted molar refractivity (Wildman–Crippen MR) is 361 cm³/mol. The first-order valence-corrected chi connectivity index (χ1v) is 38.9. The lowest BCUT2D eigenvalue weighted by Gasteiger charge is -2.28. The SMILES string of the molecule is CCCCCCCCCC/C=C\CCCCCCCCCCCCCCCCCCCCCC(=O)OC(COC(=O)CCCCCCCCCCCCCCCCCCCCCCCCCCCCCCC)COP(=O)([O-])OCC[N+](C)(C)C. The highest BCUT2D eigenvalue weighted by Gasteiger charge is 2.22. The third-order valence-electron chi connectivity index (χ3n) is 17.3. The topological polar surface area (TPSA) is 111 Å². The Bertz CT molecular complexity index is 1420. The van der Waals surface area contributed by atoms with Gasteiger partial charge in [-0.3, -0.25) is 14.2 Å². The molecular weight excluding hydrogens is 1060 g/mol. The Balaban J connectivity index is 3.94. The summed E-state index contributed by atoms with van der Waals surface area (Å²) in [5.74, 6) is -0.805. The van der Waals surface area contributed by atoms with E-state index in [0.29, 0.717) is 17.4 Å². The number of allylic oxidation sites excluding steroid dienone is 2. The molecule has 2 unspecified atom stereocenters. The lowest BCUT2D eigenvalue weighted by atomic mass is 10.0. The van der Waals surface area contributed by atoms with E-state index >= 15 is 0 Å². The number of unbranched alkanes of at least 4 members (excludes halogenated alkanes) is 55. The van der Waals surface area contributed by atoms with Crippen molar-refractivity contribution in [3.8, 4) is 0 Å². The van der Waals surface area contributed by atoms with Gasteiger partial charge in [0.2, 0.25) is 0 Å². The molecule has 0 N–H and O–H groups in total. The van der Waals surface area contributed by atoms with E-state index in [1.807, 2.05) is 21.1 Å². The standard InChI is InChI=1S/C74H146NO8P/c1-6-8-10-12-14-16-18-20-22-24-26-28-30-32-34-36-37-39-41-43-45-47-49-51-53-55-57-59-61-63-65-67-74(77)83-72(71-82-84(78,79)81-69-68-75(3,4)5)70-80-73(76)66-64-62-60-58-56-54-52-50-48-46-44-42-40-38-35-33-31-29-27-25-23-21-19-17-15-13-11-9-7-2/h24,26,72H,6-23,25,27-71H2,1-5H3/b26-24-. The number of quaternary nitrogens is 1. The first-order valence-electron chi connectivity index (χ1n) is 37.4. The average Bonchev–Trinajstić information content (AvgIpc) is 3.61. The second-order valence-electron chi connectivity index (χ2n) is 27.0. The summed E-state index contributed by atoms with van der Waals surface area (Å²) in [5, 5.41) is 0. The van der Waals surface area contributed by atoms with Crippen molar-refractivity contribution in [3.63, 3.8) is 0 Å². The van der Waals surface area contributed by atoms with Gasteiger partial charge in [0.15, 0.2) is 6.10 Å². The Hall–Kier alpha value is -1.25. The summed E-state index contributed by atoms with van der Waals surface area (Å²) in [7, 11) is 1.19. The van der Waals surface area contributed by atoms with E-state index in [0.717, 1.165) is 32.1 Å². The maximum Gasteiger partial charge on any atom is 0.306 e. The van der Waals surface area contributed by atoms with Crippen molar-refractivity contribution < 1.29 is 42.1 Å². The van der Waals surface area contributed by atoms with Gasteiger partial charge in [-0.05, 0) is 38.5 Å². The Morgan fingerprint density at radius 2 is 0.607 bits per heavy atom. The van der Waals surface area contributed by atoms with Crippen LogP contribution in [0, 0.1) is 0 Å². The van der Waals surface area contributed by atoms with E-state index in [9.17, 15) is 19.0 Å². The van der Waals surface area contributed by atoms with Crippen LogP contribution in [0.25, 0.3) is 0 Å². The van der Waals surface area contributed by atoms with Gasteiger partial charge in [0.05, 0.1) is 27.7 Å². The largest absolute Gasteiger partial charge is 0.756 e. The average molecular weight is 1210 g/mol. The summed E-state index contributed by atoms with van der Waals surface area (Å²) in [6.07, 6.45) is 81.8. The van der Waals surface area contributed by atoms with Crippen LogP contribution in [0.1, 0.15) is 399 Å². The number of carbonyl (C=O) groups excluding carboxylic acids is 2. The fourth-order valence-corrected chi connectivity index (χ4v) is 12.3. The molecule has 0 radical (unpaired) electrons. The number of hydrogen-bond donors (Lipinski definition) is 0. The van der Waals surface area contributed by atoms with Crippen LogP contribution in [0.5, 0.6) is 0 Å². The number of hydrogen-bond acceptors (Lipinski definition) is 8. The second-order valence-corrected chi connectivity index (χ2v) is 28.4. The molecule has 10 heteroatoms. The van der Waals surface area contributed by atoms with Crippen LogP contribution in [-0.4, -0.2) is 70.0 Å². The lowest BCUT2D eigenvalue weighted by Crippen LogP contribution is -2.37. The molecule has 0 rings (SSSR count). The van der Waals surface area contributed by atoms with E-state index < -0.39 is 26.5 Å². The fourth-order valence-electron chi connectivity index (χ4n) is 11.5. The number of phosphoric ester groups is 1. The Morgan fingerprint density at radius 3 is 0.881 bits per heavy atom. The summed E-state index contributed by atoms with van der Waals surface area (Å²) in [5.41, 5.74) is 0. The van der Waals surface area contributed by atoms with Gasteiger partial charge in [-0.15, -0.1) is 0 Å². The van der Waals surface area contributed by atoms with E-state index in [4.69, 9.17) is 18.5 Å². The molecule has 0 heterocycles. The van der Waals surface area contributed by atoms with Crippen LogP contribution in [0.2, 0.25) is 0 Å². The molecule has 0 aliphatic rings. The number of phosphoric acid groups is 1. The van der Waals surface area contributed by atoms with Crippen LogP contribution < -0.4 is 4.89 Å². The predicted octanol–water partition coefficient (Wildman–Crippen LogP) is 23.7. The highest BCUT2D eigenvalue weighted by atomic mass is 31.2. The highest BCUT2D eigenvalue weighted by molar-refractivity contribution is 7.45. The second kappa shape index (κ2) is 66.2. The minimum atomic E-state index is -4.64. The van der Waals surface area contributed by atoms with Crippen molar-refractivity contribution in [3.05, 3.63) is 12.2 Å². The molecular formula is C74H146NO8P. The first-order chi connectivity index (χ1) is 41.0. The molecule has 0 bridgehead atoms. The third kappa shape index (κ3) is 69.8. The molecule has 500 valence electrons. The fraction of sp³-hybridized carbons (Fsp3) is 0.946. The maximum absolute atomic E-state index is 12.9. The van der Waals surface area contributed by atoms with Crippen LogP contribution in [0.15, 0.2) is 12.2 Å². The maximum atomic E-state index is 12.9. The number of carbonyl (C=O) groups is 2. The molecule has 0 aliphatic carbocycles. The van der Waals surface area contributed by atoms with Gasteiger partial charge in [-0.2, -0.15) is 0 Å². The van der Waals surface area contributed by atoms with Gasteiger partial charge in [0.25, 0.3) is 7.82 Å². The van der Waals surface area contributed by atoms with Gasteiger partial charge in [-0.25, -0.2) is 0 Å². The zero-order valence-corrected chi connectivity index (χ0v) is 58.0. The summed E-state index contributed by atoms with van der Waals surface area (Å²) >= 11 is 0. The molecule has 0 saturated heterocycles. The molecule has 0 aliphatic heterocycles. The van der Waals surface area contributed by atoms with E-state index in [1.54, 1.807) is 0 Å². The summed E-state index contributed by atoms with van der Waals surface area (Å²) < 4.78 is 34.4. The van der Waals surface area contributed by atoms with Crippen molar-refractivity contribution >= 4 is 19.8 Å². The van der Waals surface area contributed by atoms with Crippen molar-refractivity contribution in [2.24, 2.45) is 0 Å². The van der Waals surface area contributed by atoms with Crippen LogP contribution in [-0.2, 0) is 32.7 Å². The van der Waals surface area contributed by atoms with Crippen LogP contribution in [0.4, 0.5) is 0 Å². The van der Waals surface area contributed by atoms with Crippen molar-refractivity contribution in [2.75, 3.05) is 47.5 Å². The number of likely N-dealkylation sites (N-methyl/N-ethyl adjacent to an activating group) is 1. The number of esters is 2. The van der Waals surface area contributed by atoms with E-state index in [-0.39, 0.29) is 32.0 Å². The molecule has 84 heavy (non-hydrogen) atoms. The molecule has 0 spiro atoms. The van der Waals surface area contributed by atoms with Crippen LogP contribution >= 0.6 is 7.82 Å². The van der Waals surface area contributed by atoms with Gasteiger partial charge >= 0.3 is 11.9 Å². The smallest absolute Gasteiger partial charge is 0.306 e. The Labute approximate surface area is 524 Å². The summed E-state index contributed by atoms with van der Waals surface area (Å²) in [6.45, 7) is 4.33.